The molecule has 0 bridgehead atoms. The highest BCUT2D eigenvalue weighted by Gasteiger charge is 2.21. The third kappa shape index (κ3) is 8.32. The molecule has 0 radical (unpaired) electrons. The molecular formula is C50H32N2O2S10. The SMILES string of the molecule is CCn1c2ccccc2c2cc(Sc3ccc(-c4ccc(-c5ccc(-c6cccs6)s5)s4)s3)c(Sc3ccc(-c4ccc(-c5ccc(-c6ccc(CC(C#N)C(=O)O)s6)s5)s4)s3)cc21. The zero-order chi connectivity index (χ0) is 43.3. The molecule has 0 aliphatic carbocycles. The van der Waals surface area contributed by atoms with Crippen LogP contribution in [0.2, 0.25) is 0 Å². The van der Waals surface area contributed by atoms with Crippen LogP contribution in [0.15, 0.2) is 157 Å². The number of para-hydroxylation sites is 1. The zero-order valence-electron chi connectivity index (χ0n) is 33.6. The summed E-state index contributed by atoms with van der Waals surface area (Å²) in [4.78, 5) is 29.9. The number of aryl methyl sites for hydroxylation is 1. The predicted molar refractivity (Wildman–Crippen MR) is 282 cm³/mol. The van der Waals surface area contributed by atoms with Gasteiger partial charge in [0.2, 0.25) is 0 Å². The Labute approximate surface area is 410 Å². The molecule has 2 aromatic carbocycles. The van der Waals surface area contributed by atoms with E-state index in [1.807, 2.05) is 98.4 Å². The third-order valence-corrected chi connectivity index (χ3v) is 22.8. The minimum absolute atomic E-state index is 0.225. The Morgan fingerprint density at radius 1 is 0.562 bits per heavy atom. The van der Waals surface area contributed by atoms with Crippen molar-refractivity contribution in [2.24, 2.45) is 5.92 Å². The highest BCUT2D eigenvalue weighted by atomic mass is 32.2. The number of aliphatic carboxylic acids is 1. The second-order valence-electron chi connectivity index (χ2n) is 14.6. The molecule has 14 heteroatoms. The number of carbonyl (C=O) groups is 1. The fourth-order valence-corrected chi connectivity index (χ4v) is 18.5. The number of hydrogen-bond acceptors (Lipinski definition) is 12. The first-order valence-corrected chi connectivity index (χ1v) is 28.4. The fraction of sp³-hybridized carbons (Fsp3) is 0.0800. The average molecular weight is 1010 g/mol. The van der Waals surface area contributed by atoms with Crippen molar-refractivity contribution in [3.8, 4) is 64.6 Å². The van der Waals surface area contributed by atoms with Crippen molar-refractivity contribution in [1.29, 1.82) is 5.26 Å². The number of carboxylic acids is 1. The lowest BCUT2D eigenvalue weighted by Gasteiger charge is -2.10. The van der Waals surface area contributed by atoms with Crippen molar-refractivity contribution in [3.05, 3.63) is 144 Å². The number of carboxylic acid groups (broad SMARTS) is 1. The lowest BCUT2D eigenvalue weighted by molar-refractivity contribution is -0.139. The Morgan fingerprint density at radius 2 is 1.05 bits per heavy atom. The third-order valence-electron chi connectivity index (χ3n) is 10.7. The Bertz CT molecular complexity index is 3500. The molecule has 0 aliphatic rings. The molecule has 0 aliphatic heterocycles. The first-order chi connectivity index (χ1) is 31.4. The van der Waals surface area contributed by atoms with E-state index in [0.717, 1.165) is 21.2 Å². The van der Waals surface area contributed by atoms with Crippen LogP contribution >= 0.6 is 114 Å². The van der Waals surface area contributed by atoms with Crippen LogP contribution in [0.3, 0.4) is 0 Å². The quantitative estimate of drug-likeness (QED) is 0.118. The van der Waals surface area contributed by atoms with Crippen molar-refractivity contribution >= 4 is 142 Å². The Morgan fingerprint density at radius 3 is 1.56 bits per heavy atom. The number of benzene rings is 2. The highest BCUT2D eigenvalue weighted by molar-refractivity contribution is 8.04. The van der Waals surface area contributed by atoms with Gasteiger partial charge in [0.15, 0.2) is 0 Å². The standard InChI is InChI=1S/C50H32N2O2S10/c1-2-52-32-7-4-3-6-30(32)31-25-46(63-48-21-19-44(61-48)42-17-15-39(59-42)38-12-11-35(57-38)34-8-5-23-55-34)47(26-33(31)52)64-49-22-20-45(62-49)43-18-16-41(60-43)40-14-13-37(58-40)36-10-9-29(56-36)24-28(27-51)50(53)54/h3-23,25-26,28H,2,24H2,1H3,(H,53,54). The van der Waals surface area contributed by atoms with Crippen molar-refractivity contribution in [1.82, 2.24) is 4.57 Å². The topological polar surface area (TPSA) is 66.0 Å². The lowest BCUT2D eigenvalue weighted by atomic mass is 10.1. The van der Waals surface area contributed by atoms with E-state index in [1.54, 1.807) is 34.0 Å². The van der Waals surface area contributed by atoms with Crippen LogP contribution in [0.4, 0.5) is 0 Å². The molecule has 0 saturated heterocycles. The van der Waals surface area contributed by atoms with Crippen molar-refractivity contribution in [2.45, 2.75) is 38.1 Å². The molecule has 64 heavy (non-hydrogen) atoms. The summed E-state index contributed by atoms with van der Waals surface area (Å²) in [6, 6.07) is 50.8. The molecular weight excluding hydrogens is 981 g/mol. The van der Waals surface area contributed by atoms with Crippen LogP contribution in [0.1, 0.15) is 11.8 Å². The van der Waals surface area contributed by atoms with E-state index in [0.29, 0.717) is 0 Å². The van der Waals surface area contributed by atoms with E-state index in [2.05, 4.69) is 138 Å². The summed E-state index contributed by atoms with van der Waals surface area (Å²) < 4.78 is 4.98. The number of nitriles is 1. The van der Waals surface area contributed by atoms with Gasteiger partial charge in [-0.05, 0) is 121 Å². The molecule has 0 fully saturated rings. The van der Waals surface area contributed by atoms with Gasteiger partial charge >= 0.3 is 5.97 Å². The normalized spacial score (nSPS) is 12.1. The van der Waals surface area contributed by atoms with Crippen LogP contribution in [-0.4, -0.2) is 15.6 Å². The minimum atomic E-state index is -1.08. The summed E-state index contributed by atoms with van der Waals surface area (Å²) in [6.07, 6.45) is 0.225. The van der Waals surface area contributed by atoms with Gasteiger partial charge in [-0.1, -0.05) is 47.8 Å². The fourth-order valence-electron chi connectivity index (χ4n) is 7.63. The maximum atomic E-state index is 11.4. The van der Waals surface area contributed by atoms with Crippen molar-refractivity contribution in [2.75, 3.05) is 0 Å². The first kappa shape index (κ1) is 42.2. The second-order valence-corrected chi connectivity index (χ2v) is 25.9. The number of aromatic nitrogens is 1. The van der Waals surface area contributed by atoms with Gasteiger partial charge in [-0.15, -0.1) is 90.7 Å². The summed E-state index contributed by atoms with van der Waals surface area (Å²) in [5.74, 6) is -2.10. The minimum Gasteiger partial charge on any atom is -0.480 e. The summed E-state index contributed by atoms with van der Waals surface area (Å²) in [7, 11) is 0. The number of fused-ring (bicyclic) bond motifs is 3. The summed E-state index contributed by atoms with van der Waals surface area (Å²) >= 11 is 18.1. The number of nitrogens with zero attached hydrogens (tertiary/aromatic N) is 2. The summed E-state index contributed by atoms with van der Waals surface area (Å²) in [5, 5.41) is 23.3. The summed E-state index contributed by atoms with van der Waals surface area (Å²) in [5.41, 5.74) is 2.54. The lowest BCUT2D eigenvalue weighted by Crippen LogP contribution is -2.13. The highest BCUT2D eigenvalue weighted by Crippen LogP contribution is 2.50. The monoisotopic (exact) mass is 1010 g/mol. The molecule has 0 saturated carbocycles. The van der Waals surface area contributed by atoms with Gasteiger partial charge in [0.05, 0.1) is 20.0 Å². The van der Waals surface area contributed by atoms with Crippen LogP contribution in [-0.2, 0) is 17.8 Å². The molecule has 11 aromatic rings. The van der Waals surface area contributed by atoms with Crippen molar-refractivity contribution < 1.29 is 9.90 Å². The van der Waals surface area contributed by atoms with Crippen LogP contribution in [0.5, 0.6) is 0 Å². The first-order valence-electron chi connectivity index (χ1n) is 20.1. The van der Waals surface area contributed by atoms with E-state index in [-0.39, 0.29) is 6.42 Å². The van der Waals surface area contributed by atoms with Gasteiger partial charge in [0.1, 0.15) is 5.92 Å². The van der Waals surface area contributed by atoms with Crippen molar-refractivity contribution in [3.63, 3.8) is 0 Å². The molecule has 0 amide bonds. The molecule has 9 heterocycles. The molecule has 11 rings (SSSR count). The van der Waals surface area contributed by atoms with E-state index in [4.69, 9.17) is 0 Å². The Balaban J connectivity index is 0.850. The number of rotatable bonds is 14. The Hall–Kier alpha value is -4.50. The molecule has 9 aromatic heterocycles. The molecule has 314 valence electrons. The number of thiophene rings is 8. The van der Waals surface area contributed by atoms with E-state index in [9.17, 15) is 15.2 Å². The predicted octanol–water partition coefficient (Wildman–Crippen LogP) is 18.4. The Kier molecular flexibility index (Phi) is 11.9. The van der Waals surface area contributed by atoms with Gasteiger partial charge in [-0.3, -0.25) is 4.79 Å². The maximum Gasteiger partial charge on any atom is 0.321 e. The summed E-state index contributed by atoms with van der Waals surface area (Å²) in [6.45, 7) is 3.14. The maximum absolute atomic E-state index is 11.4. The smallest absolute Gasteiger partial charge is 0.321 e. The van der Waals surface area contributed by atoms with Gasteiger partial charge in [0.25, 0.3) is 0 Å². The van der Waals surface area contributed by atoms with Crippen LogP contribution in [0, 0.1) is 17.2 Å². The zero-order valence-corrected chi connectivity index (χ0v) is 41.8. The number of hydrogen-bond donors (Lipinski definition) is 1. The largest absolute Gasteiger partial charge is 0.480 e. The van der Waals surface area contributed by atoms with Gasteiger partial charge < -0.3 is 9.67 Å². The molecule has 1 atom stereocenters. The van der Waals surface area contributed by atoms with Gasteiger partial charge in [-0.2, -0.15) is 5.26 Å². The van der Waals surface area contributed by atoms with Crippen LogP contribution < -0.4 is 0 Å². The van der Waals surface area contributed by atoms with Crippen LogP contribution in [0.25, 0.3) is 80.3 Å². The molecule has 4 nitrogen and oxygen atoms in total. The second kappa shape index (κ2) is 18.1. The molecule has 1 unspecified atom stereocenters. The van der Waals surface area contributed by atoms with Gasteiger partial charge in [-0.25, -0.2) is 0 Å². The average Bonchev–Trinajstić information content (AvgIpc) is 4.16. The van der Waals surface area contributed by atoms with Gasteiger partial charge in [0, 0.05) is 102 Å². The molecule has 1 N–H and O–H groups in total. The van der Waals surface area contributed by atoms with E-state index in [1.165, 1.54) is 88.8 Å². The molecule has 0 spiro atoms. The van der Waals surface area contributed by atoms with E-state index < -0.39 is 11.9 Å². The van der Waals surface area contributed by atoms with E-state index >= 15 is 0 Å².